The Balaban J connectivity index is 3.49. The standard InChI is InChI=1S/C46H91NO4/c1-3-5-7-9-11-13-14-15-16-17-18-19-20-21-22-23-24-25-26-27-28-29-30-31-33-35-37-39-41-45(50)47-43(42-48)46(51)44(49)40-38-36-34-32-12-10-8-6-4-2/h21-22,43-44,46,48-49,51H,3-20,23-42H2,1-2H3,(H,47,50)/b22-21-. The number of carbonyl (C=O) groups excluding carboxylic acids is 1. The zero-order valence-corrected chi connectivity index (χ0v) is 34.5. The summed E-state index contributed by atoms with van der Waals surface area (Å²) in [5.74, 6) is -0.144. The summed E-state index contributed by atoms with van der Waals surface area (Å²) >= 11 is 0. The van der Waals surface area contributed by atoms with Gasteiger partial charge >= 0.3 is 0 Å². The van der Waals surface area contributed by atoms with Crippen molar-refractivity contribution in [3.05, 3.63) is 12.2 Å². The van der Waals surface area contributed by atoms with E-state index in [2.05, 4.69) is 31.3 Å². The Labute approximate surface area is 319 Å². The molecule has 0 saturated heterocycles. The topological polar surface area (TPSA) is 89.8 Å². The molecular weight excluding hydrogens is 631 g/mol. The maximum Gasteiger partial charge on any atom is 0.220 e. The van der Waals surface area contributed by atoms with E-state index in [4.69, 9.17) is 0 Å². The van der Waals surface area contributed by atoms with Gasteiger partial charge in [0.2, 0.25) is 5.91 Å². The largest absolute Gasteiger partial charge is 0.394 e. The molecular formula is C46H91NO4. The molecule has 0 radical (unpaired) electrons. The minimum Gasteiger partial charge on any atom is -0.394 e. The number of nitrogens with one attached hydrogen (secondary N) is 1. The molecule has 0 aromatic heterocycles. The highest BCUT2D eigenvalue weighted by Crippen LogP contribution is 2.16. The van der Waals surface area contributed by atoms with Crippen molar-refractivity contribution < 1.29 is 20.1 Å². The van der Waals surface area contributed by atoms with E-state index in [0.29, 0.717) is 12.8 Å². The normalized spacial score (nSPS) is 13.6. The lowest BCUT2D eigenvalue weighted by Gasteiger charge is -2.26. The Kier molecular flexibility index (Phi) is 41.1. The Morgan fingerprint density at radius 2 is 0.784 bits per heavy atom. The third-order valence-corrected chi connectivity index (χ3v) is 10.9. The SMILES string of the molecule is CCCCCCCCCCCCCC/C=C\CCCCCCCCCCCCCCC(=O)NC(CO)C(O)C(O)CCCCCCCCCCC. The lowest BCUT2D eigenvalue weighted by molar-refractivity contribution is -0.124. The van der Waals surface area contributed by atoms with Crippen LogP contribution in [0.1, 0.15) is 251 Å². The van der Waals surface area contributed by atoms with Gasteiger partial charge in [-0.05, 0) is 38.5 Å². The first-order valence-corrected chi connectivity index (χ1v) is 23.0. The second kappa shape index (κ2) is 41.8. The number of hydrogen-bond donors (Lipinski definition) is 4. The quantitative estimate of drug-likeness (QED) is 0.0373. The molecule has 5 nitrogen and oxygen atoms in total. The second-order valence-corrected chi connectivity index (χ2v) is 16.0. The predicted molar refractivity (Wildman–Crippen MR) is 222 cm³/mol. The first-order chi connectivity index (χ1) is 25.1. The highest BCUT2D eigenvalue weighted by atomic mass is 16.3. The van der Waals surface area contributed by atoms with Crippen molar-refractivity contribution in [2.75, 3.05) is 6.61 Å². The maximum absolute atomic E-state index is 12.4. The highest BCUT2D eigenvalue weighted by molar-refractivity contribution is 5.76. The van der Waals surface area contributed by atoms with Crippen molar-refractivity contribution in [2.45, 2.75) is 270 Å². The number of rotatable bonds is 42. The zero-order valence-electron chi connectivity index (χ0n) is 34.5. The Hall–Kier alpha value is -0.910. The maximum atomic E-state index is 12.4. The molecule has 0 saturated carbocycles. The summed E-state index contributed by atoms with van der Waals surface area (Å²) in [6.45, 7) is 4.16. The zero-order chi connectivity index (χ0) is 37.3. The molecule has 3 atom stereocenters. The van der Waals surface area contributed by atoms with E-state index in [1.807, 2.05) is 0 Å². The molecule has 0 bridgehead atoms. The number of aliphatic hydroxyl groups is 3. The minimum atomic E-state index is -1.13. The fourth-order valence-corrected chi connectivity index (χ4v) is 7.28. The van der Waals surface area contributed by atoms with Gasteiger partial charge in [-0.2, -0.15) is 0 Å². The number of unbranched alkanes of at least 4 members (excludes halogenated alkanes) is 32. The summed E-state index contributed by atoms with van der Waals surface area (Å²) in [4.78, 5) is 12.4. The highest BCUT2D eigenvalue weighted by Gasteiger charge is 2.26. The smallest absolute Gasteiger partial charge is 0.220 e. The summed E-state index contributed by atoms with van der Waals surface area (Å²) in [6, 6.07) is -0.804. The van der Waals surface area contributed by atoms with Crippen LogP contribution in [0, 0.1) is 0 Å². The molecule has 0 heterocycles. The Morgan fingerprint density at radius 1 is 0.471 bits per heavy atom. The number of allylic oxidation sites excluding steroid dienone is 2. The van der Waals surface area contributed by atoms with Gasteiger partial charge in [0.1, 0.15) is 6.10 Å². The number of amides is 1. The third-order valence-electron chi connectivity index (χ3n) is 10.9. The molecule has 304 valence electrons. The van der Waals surface area contributed by atoms with Crippen LogP contribution in [0.2, 0.25) is 0 Å². The van der Waals surface area contributed by atoms with Crippen molar-refractivity contribution in [1.29, 1.82) is 0 Å². The van der Waals surface area contributed by atoms with Crippen molar-refractivity contribution in [3.8, 4) is 0 Å². The van der Waals surface area contributed by atoms with E-state index < -0.39 is 18.2 Å². The minimum absolute atomic E-state index is 0.144. The first-order valence-electron chi connectivity index (χ1n) is 23.0. The monoisotopic (exact) mass is 722 g/mol. The molecule has 0 rings (SSSR count). The molecule has 0 aliphatic heterocycles. The van der Waals surface area contributed by atoms with Crippen LogP contribution in [0.15, 0.2) is 12.2 Å². The van der Waals surface area contributed by atoms with E-state index in [0.717, 1.165) is 38.5 Å². The predicted octanol–water partition coefficient (Wildman–Crippen LogP) is 13.2. The van der Waals surface area contributed by atoms with Gasteiger partial charge in [0, 0.05) is 6.42 Å². The van der Waals surface area contributed by atoms with E-state index in [-0.39, 0.29) is 12.5 Å². The molecule has 0 spiro atoms. The van der Waals surface area contributed by atoms with Crippen molar-refractivity contribution in [1.82, 2.24) is 5.32 Å². The first kappa shape index (κ1) is 50.1. The van der Waals surface area contributed by atoms with E-state index in [1.54, 1.807) is 0 Å². The molecule has 4 N–H and O–H groups in total. The van der Waals surface area contributed by atoms with E-state index in [9.17, 15) is 20.1 Å². The number of hydrogen-bond acceptors (Lipinski definition) is 4. The van der Waals surface area contributed by atoms with Crippen LogP contribution in [0.4, 0.5) is 0 Å². The summed E-state index contributed by atoms with van der Waals surface area (Å²) in [7, 11) is 0. The molecule has 0 fully saturated rings. The average molecular weight is 722 g/mol. The Bertz CT molecular complexity index is 713. The van der Waals surface area contributed by atoms with Crippen LogP contribution in [-0.4, -0.2) is 46.1 Å². The van der Waals surface area contributed by atoms with Crippen molar-refractivity contribution >= 4 is 5.91 Å². The van der Waals surface area contributed by atoms with Gasteiger partial charge < -0.3 is 20.6 Å². The summed E-state index contributed by atoms with van der Waals surface area (Å²) in [5.41, 5.74) is 0. The van der Waals surface area contributed by atoms with Gasteiger partial charge in [-0.25, -0.2) is 0 Å². The van der Waals surface area contributed by atoms with Crippen molar-refractivity contribution in [3.63, 3.8) is 0 Å². The molecule has 0 aromatic rings. The number of aliphatic hydroxyl groups excluding tert-OH is 3. The summed E-state index contributed by atoms with van der Waals surface area (Å²) < 4.78 is 0. The van der Waals surface area contributed by atoms with Crippen LogP contribution in [-0.2, 0) is 4.79 Å². The van der Waals surface area contributed by atoms with Crippen LogP contribution < -0.4 is 5.32 Å². The fourth-order valence-electron chi connectivity index (χ4n) is 7.28. The van der Waals surface area contributed by atoms with Crippen LogP contribution in [0.3, 0.4) is 0 Å². The average Bonchev–Trinajstić information content (AvgIpc) is 3.13. The van der Waals surface area contributed by atoms with E-state index in [1.165, 1.54) is 186 Å². The summed E-state index contributed by atoms with van der Waals surface area (Å²) in [6.07, 6.45) is 49.2. The van der Waals surface area contributed by atoms with Gasteiger partial charge in [-0.1, -0.05) is 219 Å². The van der Waals surface area contributed by atoms with Crippen LogP contribution in [0.25, 0.3) is 0 Å². The number of carbonyl (C=O) groups is 1. The lowest BCUT2D eigenvalue weighted by Crippen LogP contribution is -2.50. The van der Waals surface area contributed by atoms with Gasteiger partial charge in [0.15, 0.2) is 0 Å². The van der Waals surface area contributed by atoms with Gasteiger partial charge in [-0.15, -0.1) is 0 Å². The Morgan fingerprint density at radius 3 is 1.14 bits per heavy atom. The molecule has 5 heteroatoms. The van der Waals surface area contributed by atoms with Gasteiger partial charge in [-0.3, -0.25) is 4.79 Å². The summed E-state index contributed by atoms with van der Waals surface area (Å²) in [5, 5.41) is 33.4. The molecule has 3 unspecified atom stereocenters. The van der Waals surface area contributed by atoms with E-state index >= 15 is 0 Å². The second-order valence-electron chi connectivity index (χ2n) is 16.0. The molecule has 1 amide bonds. The lowest BCUT2D eigenvalue weighted by atomic mass is 9.99. The molecule has 0 aliphatic carbocycles. The molecule has 0 aromatic carbocycles. The van der Waals surface area contributed by atoms with Crippen LogP contribution in [0.5, 0.6) is 0 Å². The molecule has 0 aliphatic rings. The molecule has 51 heavy (non-hydrogen) atoms. The van der Waals surface area contributed by atoms with Crippen molar-refractivity contribution in [2.24, 2.45) is 0 Å². The third kappa shape index (κ3) is 37.2. The van der Waals surface area contributed by atoms with Gasteiger partial charge in [0.25, 0.3) is 0 Å². The van der Waals surface area contributed by atoms with Crippen LogP contribution >= 0.6 is 0 Å². The fraction of sp³-hybridized carbons (Fsp3) is 0.935. The van der Waals surface area contributed by atoms with Gasteiger partial charge in [0.05, 0.1) is 18.8 Å².